The van der Waals surface area contributed by atoms with Crippen LogP contribution in [0.1, 0.15) is 39.0 Å². The molecule has 0 aromatic heterocycles. The second-order valence-corrected chi connectivity index (χ2v) is 4.47. The van der Waals surface area contributed by atoms with Crippen LogP contribution in [0.3, 0.4) is 0 Å². The van der Waals surface area contributed by atoms with Gasteiger partial charge in [0, 0.05) is 26.9 Å². The number of ether oxygens (including phenoxy) is 2. The molecular weight excluding hydrogens is 188 g/mol. The van der Waals surface area contributed by atoms with Gasteiger partial charge < -0.3 is 9.47 Å². The normalized spacial score (nSPS) is 21.5. The molecule has 1 aliphatic rings. The van der Waals surface area contributed by atoms with E-state index in [1.54, 1.807) is 12.7 Å². The molecule has 0 N–H and O–H groups in total. The number of rotatable bonds is 7. The molecule has 0 aromatic rings. The van der Waals surface area contributed by atoms with Crippen molar-refractivity contribution in [2.45, 2.75) is 39.0 Å². The first kappa shape index (κ1) is 12.7. The Morgan fingerprint density at radius 2 is 2.13 bits per heavy atom. The molecule has 0 spiro atoms. The lowest BCUT2D eigenvalue weighted by Gasteiger charge is -2.20. The summed E-state index contributed by atoms with van der Waals surface area (Å²) in [6.45, 7) is 4.91. The van der Waals surface area contributed by atoms with Gasteiger partial charge in [-0.3, -0.25) is 0 Å². The molecule has 0 saturated carbocycles. The highest BCUT2D eigenvalue weighted by molar-refractivity contribution is 5.02. The molecule has 0 saturated heterocycles. The van der Waals surface area contributed by atoms with Crippen molar-refractivity contribution in [3.05, 3.63) is 11.6 Å². The minimum atomic E-state index is 0.760. The summed E-state index contributed by atoms with van der Waals surface area (Å²) >= 11 is 0. The van der Waals surface area contributed by atoms with Crippen molar-refractivity contribution in [1.82, 2.24) is 0 Å². The highest BCUT2D eigenvalue weighted by atomic mass is 16.5. The molecule has 2 nitrogen and oxygen atoms in total. The largest absolute Gasteiger partial charge is 0.385 e. The lowest BCUT2D eigenvalue weighted by atomic mass is 9.91. The zero-order valence-electron chi connectivity index (χ0n) is 10.1. The Bertz CT molecular complexity index is 187. The molecule has 0 fully saturated rings. The zero-order chi connectivity index (χ0) is 10.9. The first-order valence-corrected chi connectivity index (χ1v) is 6.05. The molecule has 1 unspecified atom stereocenters. The predicted molar refractivity (Wildman–Crippen MR) is 63.0 cm³/mol. The fourth-order valence-corrected chi connectivity index (χ4v) is 1.87. The van der Waals surface area contributed by atoms with Gasteiger partial charge in [0.1, 0.15) is 0 Å². The SMILES string of the molecule is COCCCCOCC1CC=C(C)CC1. The molecule has 0 bridgehead atoms. The van der Waals surface area contributed by atoms with Gasteiger partial charge in [0.05, 0.1) is 0 Å². The standard InChI is InChI=1S/C13H24O2/c1-12-5-7-13(8-6-12)11-15-10-4-3-9-14-2/h5,13H,3-4,6-11H2,1-2H3. The highest BCUT2D eigenvalue weighted by Gasteiger charge is 2.12. The summed E-state index contributed by atoms with van der Waals surface area (Å²) in [7, 11) is 1.75. The maximum Gasteiger partial charge on any atom is 0.0497 e. The van der Waals surface area contributed by atoms with Crippen molar-refractivity contribution in [3.8, 4) is 0 Å². The average Bonchev–Trinajstić information content (AvgIpc) is 2.26. The molecular formula is C13H24O2. The summed E-state index contributed by atoms with van der Waals surface area (Å²) in [5.74, 6) is 0.760. The summed E-state index contributed by atoms with van der Waals surface area (Å²) in [5, 5.41) is 0. The highest BCUT2D eigenvalue weighted by Crippen LogP contribution is 2.23. The van der Waals surface area contributed by atoms with Gasteiger partial charge in [-0.2, -0.15) is 0 Å². The Hall–Kier alpha value is -0.340. The smallest absolute Gasteiger partial charge is 0.0497 e. The van der Waals surface area contributed by atoms with E-state index in [9.17, 15) is 0 Å². The summed E-state index contributed by atoms with van der Waals surface area (Å²) in [4.78, 5) is 0. The predicted octanol–water partition coefficient (Wildman–Crippen LogP) is 3.18. The van der Waals surface area contributed by atoms with Crippen LogP contribution in [0.4, 0.5) is 0 Å². The molecule has 2 heteroatoms. The Morgan fingerprint density at radius 1 is 1.33 bits per heavy atom. The summed E-state index contributed by atoms with van der Waals surface area (Å²) < 4.78 is 10.7. The second kappa shape index (κ2) is 7.89. The van der Waals surface area contributed by atoms with Gasteiger partial charge in [0.2, 0.25) is 0 Å². The van der Waals surface area contributed by atoms with Crippen LogP contribution in [0, 0.1) is 5.92 Å². The monoisotopic (exact) mass is 212 g/mol. The van der Waals surface area contributed by atoms with E-state index in [4.69, 9.17) is 9.47 Å². The molecule has 0 radical (unpaired) electrons. The minimum Gasteiger partial charge on any atom is -0.385 e. The third kappa shape index (κ3) is 5.95. The van der Waals surface area contributed by atoms with Crippen LogP contribution in [0.5, 0.6) is 0 Å². The second-order valence-electron chi connectivity index (χ2n) is 4.47. The maximum absolute atomic E-state index is 5.67. The molecule has 0 aromatic carbocycles. The van der Waals surface area contributed by atoms with Gasteiger partial charge in [-0.05, 0) is 44.9 Å². The minimum absolute atomic E-state index is 0.760. The van der Waals surface area contributed by atoms with Crippen molar-refractivity contribution in [1.29, 1.82) is 0 Å². The van der Waals surface area contributed by atoms with Gasteiger partial charge in [-0.25, -0.2) is 0 Å². The van der Waals surface area contributed by atoms with Crippen LogP contribution < -0.4 is 0 Å². The number of unbranched alkanes of at least 4 members (excludes halogenated alkanes) is 1. The Labute approximate surface area is 93.7 Å². The van der Waals surface area contributed by atoms with Gasteiger partial charge in [0.25, 0.3) is 0 Å². The molecule has 15 heavy (non-hydrogen) atoms. The topological polar surface area (TPSA) is 18.5 Å². The zero-order valence-corrected chi connectivity index (χ0v) is 10.1. The lowest BCUT2D eigenvalue weighted by Crippen LogP contribution is -2.13. The molecule has 0 heterocycles. The van der Waals surface area contributed by atoms with Gasteiger partial charge in [-0.1, -0.05) is 11.6 Å². The van der Waals surface area contributed by atoms with E-state index >= 15 is 0 Å². The van der Waals surface area contributed by atoms with E-state index in [1.807, 2.05) is 0 Å². The number of allylic oxidation sites excluding steroid dienone is 2. The number of methoxy groups -OCH3 is 1. The van der Waals surface area contributed by atoms with Crippen molar-refractivity contribution in [2.75, 3.05) is 26.9 Å². The Balaban J connectivity index is 1.92. The maximum atomic E-state index is 5.67. The lowest BCUT2D eigenvalue weighted by molar-refractivity contribution is 0.0868. The fraction of sp³-hybridized carbons (Fsp3) is 0.846. The number of hydrogen-bond acceptors (Lipinski definition) is 2. The molecule has 0 amide bonds. The van der Waals surface area contributed by atoms with E-state index in [-0.39, 0.29) is 0 Å². The first-order valence-electron chi connectivity index (χ1n) is 6.05. The van der Waals surface area contributed by atoms with Crippen molar-refractivity contribution < 1.29 is 9.47 Å². The van der Waals surface area contributed by atoms with E-state index in [2.05, 4.69) is 13.0 Å². The fourth-order valence-electron chi connectivity index (χ4n) is 1.87. The molecule has 1 rings (SSSR count). The van der Waals surface area contributed by atoms with E-state index in [1.165, 1.54) is 19.3 Å². The van der Waals surface area contributed by atoms with Gasteiger partial charge in [-0.15, -0.1) is 0 Å². The van der Waals surface area contributed by atoms with Crippen LogP contribution in [-0.4, -0.2) is 26.9 Å². The van der Waals surface area contributed by atoms with Gasteiger partial charge in [0.15, 0.2) is 0 Å². The average molecular weight is 212 g/mol. The molecule has 88 valence electrons. The van der Waals surface area contributed by atoms with Crippen molar-refractivity contribution in [2.24, 2.45) is 5.92 Å². The van der Waals surface area contributed by atoms with Crippen LogP contribution in [-0.2, 0) is 9.47 Å². The third-order valence-corrected chi connectivity index (χ3v) is 2.99. The summed E-state index contributed by atoms with van der Waals surface area (Å²) in [5.41, 5.74) is 1.55. The van der Waals surface area contributed by atoms with Gasteiger partial charge >= 0.3 is 0 Å². The van der Waals surface area contributed by atoms with Crippen molar-refractivity contribution >= 4 is 0 Å². The molecule has 1 atom stereocenters. The van der Waals surface area contributed by atoms with Crippen LogP contribution in [0.15, 0.2) is 11.6 Å². The van der Waals surface area contributed by atoms with Crippen LogP contribution >= 0.6 is 0 Å². The van der Waals surface area contributed by atoms with E-state index < -0.39 is 0 Å². The van der Waals surface area contributed by atoms with Crippen molar-refractivity contribution in [3.63, 3.8) is 0 Å². The quantitative estimate of drug-likeness (QED) is 0.476. The Morgan fingerprint density at radius 3 is 2.80 bits per heavy atom. The molecule has 1 aliphatic carbocycles. The molecule has 0 aliphatic heterocycles. The number of hydrogen-bond donors (Lipinski definition) is 0. The van der Waals surface area contributed by atoms with Crippen LogP contribution in [0.25, 0.3) is 0 Å². The third-order valence-electron chi connectivity index (χ3n) is 2.99. The summed E-state index contributed by atoms with van der Waals surface area (Å²) in [6.07, 6.45) is 8.38. The first-order chi connectivity index (χ1) is 7.33. The van der Waals surface area contributed by atoms with E-state index in [0.29, 0.717) is 0 Å². The van der Waals surface area contributed by atoms with Crippen LogP contribution in [0.2, 0.25) is 0 Å². The Kier molecular flexibility index (Phi) is 6.69. The van der Waals surface area contributed by atoms with E-state index in [0.717, 1.165) is 38.6 Å². The summed E-state index contributed by atoms with van der Waals surface area (Å²) in [6, 6.07) is 0.